The molecule has 0 bridgehead atoms. The average molecular weight is 286 g/mol. The average Bonchev–Trinajstić information content (AvgIpc) is 2.34. The van der Waals surface area contributed by atoms with E-state index in [0.29, 0.717) is 4.90 Å². The largest absolute Gasteiger partial charge is 0.406 e. The highest BCUT2D eigenvalue weighted by atomic mass is 19.4. The predicted octanol–water partition coefficient (Wildman–Crippen LogP) is 1.12. The lowest BCUT2D eigenvalue weighted by Gasteiger charge is -2.33. The lowest BCUT2D eigenvalue weighted by Crippen LogP contribution is -2.60. The molecule has 1 fully saturated rings. The molecule has 7 heteroatoms. The Labute approximate surface area is 113 Å². The third-order valence-corrected chi connectivity index (χ3v) is 2.93. The molecule has 2 rings (SSSR count). The molecule has 2 amide bonds. The van der Waals surface area contributed by atoms with E-state index in [-0.39, 0.29) is 6.42 Å². The number of rotatable bonds is 3. The van der Waals surface area contributed by atoms with E-state index in [0.717, 1.165) is 5.56 Å². The number of halogens is 3. The number of nitrogens with one attached hydrogen (secondary N) is 1. The molecule has 1 aromatic rings. The molecule has 1 atom stereocenters. The SMILES string of the molecule is O=C1CN(CC(F)(F)F)C(=O)C(Cc2ccccc2)N1. The van der Waals surface area contributed by atoms with Crippen molar-refractivity contribution in [3.05, 3.63) is 35.9 Å². The summed E-state index contributed by atoms with van der Waals surface area (Å²) in [6.07, 6.45) is -4.33. The summed E-state index contributed by atoms with van der Waals surface area (Å²) in [6.45, 7) is -1.95. The molecule has 1 aliphatic rings. The Morgan fingerprint density at radius 2 is 1.85 bits per heavy atom. The molecule has 0 aliphatic carbocycles. The molecule has 20 heavy (non-hydrogen) atoms. The maximum absolute atomic E-state index is 12.4. The van der Waals surface area contributed by atoms with Crippen molar-refractivity contribution in [3.63, 3.8) is 0 Å². The molecule has 1 heterocycles. The van der Waals surface area contributed by atoms with Crippen LogP contribution in [0, 0.1) is 0 Å². The second-order valence-electron chi connectivity index (χ2n) is 4.62. The number of alkyl halides is 3. The highest BCUT2D eigenvalue weighted by molar-refractivity contribution is 5.95. The Morgan fingerprint density at radius 3 is 2.45 bits per heavy atom. The summed E-state index contributed by atoms with van der Waals surface area (Å²) in [7, 11) is 0. The van der Waals surface area contributed by atoms with E-state index < -0.39 is 37.1 Å². The smallest absolute Gasteiger partial charge is 0.342 e. The first-order valence-electron chi connectivity index (χ1n) is 6.04. The molecule has 0 radical (unpaired) electrons. The number of carbonyl (C=O) groups is 2. The zero-order valence-electron chi connectivity index (χ0n) is 10.5. The van der Waals surface area contributed by atoms with Crippen molar-refractivity contribution in [3.8, 4) is 0 Å². The van der Waals surface area contributed by atoms with Crippen LogP contribution in [0.4, 0.5) is 13.2 Å². The van der Waals surface area contributed by atoms with E-state index in [1.165, 1.54) is 0 Å². The molecule has 0 saturated carbocycles. The third-order valence-electron chi connectivity index (χ3n) is 2.93. The zero-order chi connectivity index (χ0) is 14.8. The van der Waals surface area contributed by atoms with Crippen LogP contribution in [0.5, 0.6) is 0 Å². The first-order valence-corrected chi connectivity index (χ1v) is 6.04. The molecular formula is C13H13F3N2O2. The molecule has 1 aromatic carbocycles. The fourth-order valence-corrected chi connectivity index (χ4v) is 2.11. The van der Waals surface area contributed by atoms with Gasteiger partial charge in [-0.05, 0) is 5.56 Å². The Bertz CT molecular complexity index is 502. The lowest BCUT2D eigenvalue weighted by atomic mass is 10.0. The number of benzene rings is 1. The first kappa shape index (κ1) is 14.4. The quantitative estimate of drug-likeness (QED) is 0.905. The zero-order valence-corrected chi connectivity index (χ0v) is 10.5. The van der Waals surface area contributed by atoms with Crippen molar-refractivity contribution in [1.29, 1.82) is 0 Å². The van der Waals surface area contributed by atoms with Crippen LogP contribution in [0.3, 0.4) is 0 Å². The van der Waals surface area contributed by atoms with Gasteiger partial charge in [0.25, 0.3) is 0 Å². The van der Waals surface area contributed by atoms with Gasteiger partial charge in [0.2, 0.25) is 11.8 Å². The normalized spacial score (nSPS) is 19.9. The number of hydrogen-bond donors (Lipinski definition) is 1. The van der Waals surface area contributed by atoms with Gasteiger partial charge >= 0.3 is 6.18 Å². The van der Waals surface area contributed by atoms with Crippen LogP contribution in [-0.2, 0) is 16.0 Å². The minimum atomic E-state index is -4.51. The van der Waals surface area contributed by atoms with Gasteiger partial charge in [-0.2, -0.15) is 13.2 Å². The Hall–Kier alpha value is -2.05. The molecular weight excluding hydrogens is 273 g/mol. The van der Waals surface area contributed by atoms with Crippen molar-refractivity contribution in [2.75, 3.05) is 13.1 Å². The minimum absolute atomic E-state index is 0.180. The second kappa shape index (κ2) is 5.52. The molecule has 1 N–H and O–H groups in total. The molecule has 4 nitrogen and oxygen atoms in total. The highest BCUT2D eigenvalue weighted by Crippen LogP contribution is 2.19. The predicted molar refractivity (Wildman–Crippen MR) is 64.7 cm³/mol. The molecule has 0 spiro atoms. The van der Waals surface area contributed by atoms with Crippen molar-refractivity contribution in [2.24, 2.45) is 0 Å². The summed E-state index contributed by atoms with van der Waals surface area (Å²) >= 11 is 0. The van der Waals surface area contributed by atoms with Gasteiger partial charge in [-0.3, -0.25) is 9.59 Å². The maximum atomic E-state index is 12.4. The van der Waals surface area contributed by atoms with Gasteiger partial charge in [0.1, 0.15) is 12.6 Å². The van der Waals surface area contributed by atoms with Crippen LogP contribution in [0.1, 0.15) is 5.56 Å². The van der Waals surface area contributed by atoms with E-state index >= 15 is 0 Å². The Morgan fingerprint density at radius 1 is 1.20 bits per heavy atom. The van der Waals surface area contributed by atoms with Crippen LogP contribution in [-0.4, -0.2) is 42.0 Å². The Balaban J connectivity index is 2.09. The van der Waals surface area contributed by atoms with Gasteiger partial charge in [-0.25, -0.2) is 0 Å². The van der Waals surface area contributed by atoms with E-state index in [4.69, 9.17) is 0 Å². The summed E-state index contributed by atoms with van der Waals surface area (Å²) in [4.78, 5) is 23.9. The van der Waals surface area contributed by atoms with Gasteiger partial charge in [0.05, 0.1) is 6.54 Å². The summed E-state index contributed by atoms with van der Waals surface area (Å²) in [6, 6.07) is 7.88. The van der Waals surface area contributed by atoms with Crippen LogP contribution >= 0.6 is 0 Å². The lowest BCUT2D eigenvalue weighted by molar-refractivity contribution is -0.167. The van der Waals surface area contributed by atoms with Crippen LogP contribution < -0.4 is 5.32 Å². The minimum Gasteiger partial charge on any atom is -0.342 e. The van der Waals surface area contributed by atoms with Crippen LogP contribution in [0.2, 0.25) is 0 Å². The van der Waals surface area contributed by atoms with Crippen molar-refractivity contribution in [2.45, 2.75) is 18.6 Å². The Kier molecular flexibility index (Phi) is 3.96. The van der Waals surface area contributed by atoms with Crippen molar-refractivity contribution in [1.82, 2.24) is 10.2 Å². The van der Waals surface area contributed by atoms with Crippen LogP contribution in [0.15, 0.2) is 30.3 Å². The molecule has 1 unspecified atom stereocenters. The fraction of sp³-hybridized carbons (Fsp3) is 0.385. The van der Waals surface area contributed by atoms with Gasteiger partial charge in [-0.15, -0.1) is 0 Å². The molecule has 108 valence electrons. The van der Waals surface area contributed by atoms with Gasteiger partial charge in [0, 0.05) is 6.42 Å². The maximum Gasteiger partial charge on any atom is 0.406 e. The number of amides is 2. The van der Waals surface area contributed by atoms with E-state index in [1.54, 1.807) is 30.3 Å². The topological polar surface area (TPSA) is 49.4 Å². The van der Waals surface area contributed by atoms with Gasteiger partial charge in [-0.1, -0.05) is 30.3 Å². The summed E-state index contributed by atoms with van der Waals surface area (Å²) in [5.41, 5.74) is 0.778. The number of hydrogen-bond acceptors (Lipinski definition) is 2. The summed E-state index contributed by atoms with van der Waals surface area (Å²) < 4.78 is 37.1. The highest BCUT2D eigenvalue weighted by Gasteiger charge is 2.39. The van der Waals surface area contributed by atoms with Crippen LogP contribution in [0.25, 0.3) is 0 Å². The third kappa shape index (κ3) is 3.72. The summed E-state index contributed by atoms with van der Waals surface area (Å²) in [5, 5.41) is 2.43. The monoisotopic (exact) mass is 286 g/mol. The van der Waals surface area contributed by atoms with Crippen molar-refractivity contribution < 1.29 is 22.8 Å². The molecule has 0 aromatic heterocycles. The molecule has 1 aliphatic heterocycles. The van der Waals surface area contributed by atoms with E-state index in [1.807, 2.05) is 0 Å². The first-order chi connectivity index (χ1) is 9.35. The van der Waals surface area contributed by atoms with E-state index in [2.05, 4.69) is 5.32 Å². The van der Waals surface area contributed by atoms with Crippen molar-refractivity contribution >= 4 is 11.8 Å². The molecule has 1 saturated heterocycles. The van der Waals surface area contributed by atoms with Gasteiger partial charge in [0.15, 0.2) is 0 Å². The van der Waals surface area contributed by atoms with E-state index in [9.17, 15) is 22.8 Å². The number of nitrogens with zero attached hydrogens (tertiary/aromatic N) is 1. The second-order valence-corrected chi connectivity index (χ2v) is 4.62. The fourth-order valence-electron chi connectivity index (χ4n) is 2.11. The standard InChI is InChI=1S/C13H13F3N2O2/c14-13(15,16)8-18-7-11(19)17-10(12(18)20)6-9-4-2-1-3-5-9/h1-5,10H,6-8H2,(H,17,19). The number of piperazine rings is 1. The summed E-state index contributed by atoms with van der Waals surface area (Å²) in [5.74, 6) is -1.28. The number of carbonyl (C=O) groups excluding carboxylic acids is 2. The van der Waals surface area contributed by atoms with Gasteiger partial charge < -0.3 is 10.2 Å².